The summed E-state index contributed by atoms with van der Waals surface area (Å²) in [5.41, 5.74) is -0.272. The Kier molecular flexibility index (Phi) is 6.21. The van der Waals surface area contributed by atoms with E-state index in [-0.39, 0.29) is 24.2 Å². The lowest BCUT2D eigenvalue weighted by atomic mass is 10.2. The van der Waals surface area contributed by atoms with Crippen molar-refractivity contribution < 1.29 is 19.1 Å². The molecule has 6 heteroatoms. The third-order valence-corrected chi connectivity index (χ3v) is 3.84. The molecule has 1 aliphatic heterocycles. The molecule has 0 saturated carbocycles. The molecule has 2 heterocycles. The number of carbonyl (C=O) groups is 1. The molecule has 23 heavy (non-hydrogen) atoms. The van der Waals surface area contributed by atoms with Crippen molar-refractivity contribution in [1.82, 2.24) is 10.2 Å². The number of nitrogens with zero attached hydrogens (tertiary/aromatic N) is 1. The number of furan rings is 1. The zero-order chi connectivity index (χ0) is 16.9. The summed E-state index contributed by atoms with van der Waals surface area (Å²) < 4.78 is 10.8. The maximum atomic E-state index is 12.3. The van der Waals surface area contributed by atoms with Gasteiger partial charge in [-0.2, -0.15) is 0 Å². The highest BCUT2D eigenvalue weighted by molar-refractivity contribution is 5.81. The first kappa shape index (κ1) is 18.0. The Balaban J connectivity index is 1.78. The highest BCUT2D eigenvalue weighted by Gasteiger charge is 2.32. The Bertz CT molecular complexity index is 481. The quantitative estimate of drug-likeness (QED) is 0.796. The van der Waals surface area contributed by atoms with E-state index in [9.17, 15) is 9.90 Å². The highest BCUT2D eigenvalue weighted by atomic mass is 16.5. The summed E-state index contributed by atoms with van der Waals surface area (Å²) in [7, 11) is 0. The smallest absolute Gasteiger partial charge is 0.237 e. The maximum Gasteiger partial charge on any atom is 0.237 e. The van der Waals surface area contributed by atoms with Crippen LogP contribution in [0.5, 0.6) is 0 Å². The van der Waals surface area contributed by atoms with Gasteiger partial charge in [0.2, 0.25) is 5.91 Å². The van der Waals surface area contributed by atoms with Crippen molar-refractivity contribution in [1.29, 1.82) is 0 Å². The van der Waals surface area contributed by atoms with Gasteiger partial charge in [0.15, 0.2) is 0 Å². The fourth-order valence-corrected chi connectivity index (χ4v) is 2.72. The van der Waals surface area contributed by atoms with Crippen LogP contribution in [0.1, 0.15) is 39.4 Å². The van der Waals surface area contributed by atoms with Crippen molar-refractivity contribution in [3.63, 3.8) is 0 Å². The van der Waals surface area contributed by atoms with Crippen LogP contribution in [0.15, 0.2) is 22.8 Å². The largest absolute Gasteiger partial charge is 0.467 e. The van der Waals surface area contributed by atoms with Crippen molar-refractivity contribution in [3.8, 4) is 0 Å². The molecule has 0 bridgehead atoms. The van der Waals surface area contributed by atoms with Gasteiger partial charge in [-0.15, -0.1) is 0 Å². The fourth-order valence-electron chi connectivity index (χ4n) is 2.72. The van der Waals surface area contributed by atoms with Gasteiger partial charge >= 0.3 is 0 Å². The van der Waals surface area contributed by atoms with Crippen LogP contribution in [0.25, 0.3) is 0 Å². The van der Waals surface area contributed by atoms with Crippen LogP contribution in [-0.4, -0.2) is 53.4 Å². The van der Waals surface area contributed by atoms with Crippen LogP contribution in [0.4, 0.5) is 0 Å². The predicted octanol–water partition coefficient (Wildman–Crippen LogP) is 1.54. The molecule has 2 N–H and O–H groups in total. The van der Waals surface area contributed by atoms with Crippen molar-refractivity contribution in [2.24, 2.45) is 0 Å². The van der Waals surface area contributed by atoms with Crippen LogP contribution in [-0.2, 0) is 16.1 Å². The minimum absolute atomic E-state index is 0.0113. The molecule has 0 unspecified atom stereocenters. The fraction of sp³-hybridized carbons (Fsp3) is 0.706. The number of ether oxygens (including phenoxy) is 1. The summed E-state index contributed by atoms with van der Waals surface area (Å²) in [6.07, 6.45) is 2.78. The number of nitrogens with one attached hydrogen (secondary N) is 1. The van der Waals surface area contributed by atoms with Gasteiger partial charge in [0.25, 0.3) is 0 Å². The molecule has 1 fully saturated rings. The van der Waals surface area contributed by atoms with Crippen molar-refractivity contribution >= 4 is 5.91 Å². The Morgan fingerprint density at radius 3 is 3.00 bits per heavy atom. The van der Waals surface area contributed by atoms with E-state index in [1.807, 2.05) is 31.7 Å². The highest BCUT2D eigenvalue weighted by Crippen LogP contribution is 2.18. The molecular formula is C17H28N2O4. The average Bonchev–Trinajstić information content (AvgIpc) is 3.13. The van der Waals surface area contributed by atoms with Crippen LogP contribution < -0.4 is 5.32 Å². The molecule has 1 saturated heterocycles. The minimum Gasteiger partial charge on any atom is -0.467 e. The standard InChI is InChI=1S/C17H28N2O4/c1-17(2,3)23-12-13(20)11-19-8-4-7-15(19)16(21)18-10-14-6-5-9-22-14/h5-6,9,13,15,20H,4,7-8,10-12H2,1-3H3,(H,18,21)/t13-,15+/m1/s1. The lowest BCUT2D eigenvalue weighted by molar-refractivity contribution is -0.126. The SMILES string of the molecule is CC(C)(C)OC[C@H](O)CN1CCC[C@H]1C(=O)NCc1ccco1. The molecule has 2 rings (SSSR count). The third-order valence-electron chi connectivity index (χ3n) is 3.84. The van der Waals surface area contributed by atoms with Crippen molar-refractivity contribution in [2.75, 3.05) is 19.7 Å². The molecule has 0 aromatic carbocycles. The van der Waals surface area contributed by atoms with Crippen LogP contribution in [0, 0.1) is 0 Å². The molecule has 2 atom stereocenters. The molecule has 130 valence electrons. The number of β-amino-alcohol motifs (C(OH)–C–C–N with tert-alkyl or cyclic N) is 1. The lowest BCUT2D eigenvalue weighted by Crippen LogP contribution is -2.46. The minimum atomic E-state index is -0.590. The molecule has 1 aromatic heterocycles. The summed E-state index contributed by atoms with van der Waals surface area (Å²) in [5.74, 6) is 0.726. The second-order valence-corrected chi connectivity index (χ2v) is 7.03. The number of aliphatic hydroxyl groups is 1. The Hall–Kier alpha value is -1.37. The number of amides is 1. The van der Waals surface area contributed by atoms with Gasteiger partial charge in [-0.1, -0.05) is 0 Å². The Morgan fingerprint density at radius 2 is 2.35 bits per heavy atom. The van der Waals surface area contributed by atoms with Gasteiger partial charge in [0, 0.05) is 6.54 Å². The van der Waals surface area contributed by atoms with E-state index in [4.69, 9.17) is 9.15 Å². The summed E-state index contributed by atoms with van der Waals surface area (Å²) in [4.78, 5) is 14.4. The zero-order valence-corrected chi connectivity index (χ0v) is 14.2. The molecule has 6 nitrogen and oxygen atoms in total. The molecule has 1 aliphatic rings. The van der Waals surface area contributed by atoms with E-state index in [2.05, 4.69) is 5.32 Å². The molecule has 1 amide bonds. The maximum absolute atomic E-state index is 12.3. The monoisotopic (exact) mass is 324 g/mol. The summed E-state index contributed by atoms with van der Waals surface area (Å²) >= 11 is 0. The second kappa shape index (κ2) is 7.95. The van der Waals surface area contributed by atoms with Crippen LogP contribution in [0.2, 0.25) is 0 Å². The van der Waals surface area contributed by atoms with Crippen molar-refractivity contribution in [2.45, 2.75) is 57.9 Å². The Morgan fingerprint density at radius 1 is 1.57 bits per heavy atom. The number of aliphatic hydroxyl groups excluding tert-OH is 1. The van der Waals surface area contributed by atoms with Gasteiger partial charge in [-0.05, 0) is 52.3 Å². The van der Waals surface area contributed by atoms with E-state index in [0.29, 0.717) is 13.1 Å². The first-order valence-corrected chi connectivity index (χ1v) is 8.21. The van der Waals surface area contributed by atoms with Gasteiger partial charge in [-0.25, -0.2) is 0 Å². The molecule has 0 aliphatic carbocycles. The summed E-state index contributed by atoms with van der Waals surface area (Å²) in [6, 6.07) is 3.45. The normalized spacial score (nSPS) is 20.6. The van der Waals surface area contributed by atoms with Gasteiger partial charge in [0.1, 0.15) is 5.76 Å². The number of carbonyl (C=O) groups excluding carboxylic acids is 1. The van der Waals surface area contributed by atoms with Gasteiger partial charge in [-0.3, -0.25) is 9.69 Å². The number of rotatable bonds is 7. The molecule has 0 radical (unpaired) electrons. The number of likely N-dealkylation sites (tertiary alicyclic amines) is 1. The second-order valence-electron chi connectivity index (χ2n) is 7.03. The predicted molar refractivity (Wildman–Crippen MR) is 86.9 cm³/mol. The van der Waals surface area contributed by atoms with Crippen LogP contribution in [0.3, 0.4) is 0 Å². The molecule has 1 aromatic rings. The first-order valence-electron chi connectivity index (χ1n) is 8.21. The number of hydrogen-bond acceptors (Lipinski definition) is 5. The van der Waals surface area contributed by atoms with E-state index in [1.165, 1.54) is 0 Å². The van der Waals surface area contributed by atoms with E-state index in [1.54, 1.807) is 12.3 Å². The zero-order valence-electron chi connectivity index (χ0n) is 14.2. The lowest BCUT2D eigenvalue weighted by Gasteiger charge is -2.27. The van der Waals surface area contributed by atoms with Gasteiger partial charge < -0.3 is 19.6 Å². The Labute approximate surface area is 137 Å². The van der Waals surface area contributed by atoms with Gasteiger partial charge in [0.05, 0.1) is 37.2 Å². The van der Waals surface area contributed by atoms with Crippen molar-refractivity contribution in [3.05, 3.63) is 24.2 Å². The van der Waals surface area contributed by atoms with E-state index >= 15 is 0 Å². The summed E-state index contributed by atoms with van der Waals surface area (Å²) in [6.45, 7) is 7.83. The molecule has 0 spiro atoms. The van der Waals surface area contributed by atoms with E-state index < -0.39 is 6.10 Å². The first-order chi connectivity index (χ1) is 10.8. The van der Waals surface area contributed by atoms with E-state index in [0.717, 1.165) is 25.1 Å². The average molecular weight is 324 g/mol. The van der Waals surface area contributed by atoms with Crippen LogP contribution >= 0.6 is 0 Å². The summed E-state index contributed by atoms with van der Waals surface area (Å²) in [5, 5.41) is 13.0. The number of hydrogen-bond donors (Lipinski definition) is 2. The third kappa shape index (κ3) is 5.97. The topological polar surface area (TPSA) is 74.9 Å². The molecular weight excluding hydrogens is 296 g/mol.